The van der Waals surface area contributed by atoms with Crippen LogP contribution in [0.2, 0.25) is 0 Å². The van der Waals surface area contributed by atoms with Gasteiger partial charge in [0.2, 0.25) is 0 Å². The number of amides is 2. The predicted octanol–water partition coefficient (Wildman–Crippen LogP) is 1.99. The topological polar surface area (TPSA) is 81.7 Å². The summed E-state index contributed by atoms with van der Waals surface area (Å²) in [5.41, 5.74) is -0.227. The van der Waals surface area contributed by atoms with E-state index in [0.717, 1.165) is 25.1 Å². The van der Waals surface area contributed by atoms with Crippen LogP contribution >= 0.6 is 0 Å². The summed E-state index contributed by atoms with van der Waals surface area (Å²) in [5, 5.41) is 13.9. The van der Waals surface area contributed by atoms with Gasteiger partial charge in [-0.25, -0.2) is 14.0 Å². The standard InChI is InChI=1S/C14H20FN3O3/c1-9(6-7-18(2)3)16-14(21)17-10-4-5-11(13(19)20)12(15)8-10/h4-5,8-9H,6-7H2,1-3H3,(H,19,20)(H2,16,17,21). The highest BCUT2D eigenvalue weighted by atomic mass is 19.1. The molecular formula is C14H20FN3O3. The van der Waals surface area contributed by atoms with Crippen molar-refractivity contribution in [1.29, 1.82) is 0 Å². The van der Waals surface area contributed by atoms with Crippen molar-refractivity contribution in [1.82, 2.24) is 10.2 Å². The molecule has 0 saturated carbocycles. The highest BCUT2D eigenvalue weighted by Gasteiger charge is 2.12. The summed E-state index contributed by atoms with van der Waals surface area (Å²) < 4.78 is 13.5. The van der Waals surface area contributed by atoms with Crippen LogP contribution in [0.4, 0.5) is 14.9 Å². The van der Waals surface area contributed by atoms with Crippen molar-refractivity contribution in [2.24, 2.45) is 0 Å². The summed E-state index contributed by atoms with van der Waals surface area (Å²) >= 11 is 0. The van der Waals surface area contributed by atoms with E-state index in [9.17, 15) is 14.0 Å². The van der Waals surface area contributed by atoms with Crippen LogP contribution in [0.1, 0.15) is 23.7 Å². The first-order valence-electron chi connectivity index (χ1n) is 6.54. The van der Waals surface area contributed by atoms with Gasteiger partial charge < -0.3 is 20.6 Å². The van der Waals surface area contributed by atoms with Crippen LogP contribution in [0.15, 0.2) is 18.2 Å². The Labute approximate surface area is 122 Å². The van der Waals surface area contributed by atoms with Gasteiger partial charge in [0.1, 0.15) is 5.82 Å². The molecule has 0 saturated heterocycles. The minimum atomic E-state index is -1.35. The van der Waals surface area contributed by atoms with E-state index in [4.69, 9.17) is 5.11 Å². The molecule has 0 heterocycles. The maximum absolute atomic E-state index is 13.5. The van der Waals surface area contributed by atoms with Crippen molar-refractivity contribution < 1.29 is 19.1 Å². The van der Waals surface area contributed by atoms with Gasteiger partial charge in [-0.2, -0.15) is 0 Å². The van der Waals surface area contributed by atoms with E-state index in [1.807, 2.05) is 25.9 Å². The summed E-state index contributed by atoms with van der Waals surface area (Å²) in [6.07, 6.45) is 0.784. The molecular weight excluding hydrogens is 277 g/mol. The van der Waals surface area contributed by atoms with Crippen LogP contribution < -0.4 is 10.6 Å². The van der Waals surface area contributed by atoms with Crippen LogP contribution in [0.5, 0.6) is 0 Å². The molecule has 1 unspecified atom stereocenters. The highest BCUT2D eigenvalue weighted by Crippen LogP contribution is 2.14. The molecule has 1 aromatic rings. The largest absolute Gasteiger partial charge is 0.478 e. The van der Waals surface area contributed by atoms with Crippen molar-refractivity contribution >= 4 is 17.7 Å². The summed E-state index contributed by atoms with van der Waals surface area (Å²) in [6, 6.07) is 2.95. The number of urea groups is 1. The molecule has 1 atom stereocenters. The van der Waals surface area contributed by atoms with Crippen molar-refractivity contribution in [3.8, 4) is 0 Å². The second kappa shape index (κ2) is 7.58. The Morgan fingerprint density at radius 3 is 2.57 bits per heavy atom. The molecule has 0 bridgehead atoms. The summed E-state index contributed by atoms with van der Waals surface area (Å²) in [5.74, 6) is -2.23. The zero-order chi connectivity index (χ0) is 16.0. The molecule has 116 valence electrons. The number of benzene rings is 1. The lowest BCUT2D eigenvalue weighted by Gasteiger charge is -2.17. The minimum Gasteiger partial charge on any atom is -0.478 e. The smallest absolute Gasteiger partial charge is 0.338 e. The molecule has 1 rings (SSSR count). The molecule has 6 nitrogen and oxygen atoms in total. The first kappa shape index (κ1) is 16.9. The van der Waals surface area contributed by atoms with Crippen LogP contribution in [0.3, 0.4) is 0 Å². The zero-order valence-electron chi connectivity index (χ0n) is 12.3. The molecule has 0 spiro atoms. The maximum Gasteiger partial charge on any atom is 0.338 e. The third-order valence-electron chi connectivity index (χ3n) is 2.84. The van der Waals surface area contributed by atoms with Gasteiger partial charge in [0.05, 0.1) is 5.56 Å². The molecule has 0 aliphatic heterocycles. The number of hydrogen-bond acceptors (Lipinski definition) is 3. The maximum atomic E-state index is 13.5. The van der Waals surface area contributed by atoms with Crippen LogP contribution in [-0.2, 0) is 0 Å². The van der Waals surface area contributed by atoms with Gasteiger partial charge >= 0.3 is 12.0 Å². The van der Waals surface area contributed by atoms with E-state index in [2.05, 4.69) is 10.6 Å². The van der Waals surface area contributed by atoms with Crippen molar-refractivity contribution in [3.63, 3.8) is 0 Å². The Morgan fingerprint density at radius 2 is 2.05 bits per heavy atom. The first-order chi connectivity index (χ1) is 9.79. The van der Waals surface area contributed by atoms with Gasteiger partial charge in [-0.05, 0) is 52.2 Å². The number of carbonyl (C=O) groups excluding carboxylic acids is 1. The van der Waals surface area contributed by atoms with Gasteiger partial charge in [0.15, 0.2) is 0 Å². The van der Waals surface area contributed by atoms with E-state index < -0.39 is 23.4 Å². The lowest BCUT2D eigenvalue weighted by molar-refractivity contribution is 0.0692. The number of hydrogen-bond donors (Lipinski definition) is 3. The van der Waals surface area contributed by atoms with E-state index in [-0.39, 0.29) is 11.7 Å². The summed E-state index contributed by atoms with van der Waals surface area (Å²) in [7, 11) is 3.89. The van der Waals surface area contributed by atoms with E-state index in [1.54, 1.807) is 0 Å². The third kappa shape index (κ3) is 5.78. The molecule has 2 amide bonds. The monoisotopic (exact) mass is 297 g/mol. The molecule has 0 radical (unpaired) electrons. The Balaban J connectivity index is 2.55. The number of carbonyl (C=O) groups is 2. The molecule has 1 aromatic carbocycles. The molecule has 7 heteroatoms. The molecule has 0 fully saturated rings. The number of nitrogens with one attached hydrogen (secondary N) is 2. The number of carboxylic acid groups (broad SMARTS) is 1. The average molecular weight is 297 g/mol. The Hall–Kier alpha value is -2.15. The van der Waals surface area contributed by atoms with Crippen LogP contribution in [0, 0.1) is 5.82 Å². The van der Waals surface area contributed by atoms with Crippen molar-refractivity contribution in [3.05, 3.63) is 29.6 Å². The second-order valence-corrected chi connectivity index (χ2v) is 5.09. The molecule has 3 N–H and O–H groups in total. The summed E-state index contributed by atoms with van der Waals surface area (Å²) in [4.78, 5) is 24.4. The molecule has 21 heavy (non-hydrogen) atoms. The quantitative estimate of drug-likeness (QED) is 0.750. The number of nitrogens with zero attached hydrogens (tertiary/aromatic N) is 1. The third-order valence-corrected chi connectivity index (χ3v) is 2.84. The fraction of sp³-hybridized carbons (Fsp3) is 0.429. The lowest BCUT2D eigenvalue weighted by Crippen LogP contribution is -2.37. The van der Waals surface area contributed by atoms with E-state index in [0.29, 0.717) is 0 Å². The lowest BCUT2D eigenvalue weighted by atomic mass is 10.2. The highest BCUT2D eigenvalue weighted by molar-refractivity contribution is 5.91. The van der Waals surface area contributed by atoms with Crippen molar-refractivity contribution in [2.45, 2.75) is 19.4 Å². The Morgan fingerprint density at radius 1 is 1.38 bits per heavy atom. The number of carboxylic acids is 1. The fourth-order valence-electron chi connectivity index (χ4n) is 1.68. The number of halogens is 1. The fourth-order valence-corrected chi connectivity index (χ4v) is 1.68. The molecule has 0 aliphatic rings. The first-order valence-corrected chi connectivity index (χ1v) is 6.54. The Kier molecular flexibility index (Phi) is 6.10. The SMILES string of the molecule is CC(CCN(C)C)NC(=O)Nc1ccc(C(=O)O)c(F)c1. The number of anilines is 1. The normalized spacial score (nSPS) is 12.0. The van der Waals surface area contributed by atoms with Crippen molar-refractivity contribution in [2.75, 3.05) is 26.0 Å². The Bertz CT molecular complexity index is 520. The van der Waals surface area contributed by atoms with Gasteiger partial charge in [-0.1, -0.05) is 0 Å². The molecule has 0 aliphatic carbocycles. The van der Waals surface area contributed by atoms with E-state index >= 15 is 0 Å². The van der Waals surface area contributed by atoms with Gasteiger partial charge in [0, 0.05) is 11.7 Å². The van der Waals surface area contributed by atoms with Crippen LogP contribution in [0.25, 0.3) is 0 Å². The predicted molar refractivity (Wildman–Crippen MR) is 78.1 cm³/mol. The van der Waals surface area contributed by atoms with E-state index in [1.165, 1.54) is 6.07 Å². The summed E-state index contributed by atoms with van der Waals surface area (Å²) in [6.45, 7) is 2.71. The van der Waals surface area contributed by atoms with Gasteiger partial charge in [-0.3, -0.25) is 0 Å². The average Bonchev–Trinajstić information content (AvgIpc) is 2.35. The number of rotatable bonds is 6. The minimum absolute atomic E-state index is 0.0319. The van der Waals surface area contributed by atoms with Crippen LogP contribution in [-0.4, -0.2) is 48.7 Å². The second-order valence-electron chi connectivity index (χ2n) is 5.09. The zero-order valence-corrected chi connectivity index (χ0v) is 12.3. The van der Waals surface area contributed by atoms with Gasteiger partial charge in [0.25, 0.3) is 0 Å². The number of aromatic carboxylic acids is 1. The van der Waals surface area contributed by atoms with Gasteiger partial charge in [-0.15, -0.1) is 0 Å². The molecule has 0 aromatic heterocycles.